The van der Waals surface area contributed by atoms with Crippen molar-refractivity contribution in [1.82, 2.24) is 25.1 Å². The van der Waals surface area contributed by atoms with Crippen molar-refractivity contribution in [3.05, 3.63) is 54.5 Å². The Bertz CT molecular complexity index is 905. The number of carbonyl (C=O) groups excluding carboxylic acids is 1. The van der Waals surface area contributed by atoms with E-state index in [2.05, 4.69) is 20.5 Å². The number of rotatable bonds is 5. The molecule has 0 saturated carbocycles. The molecule has 0 bridgehead atoms. The zero-order chi connectivity index (χ0) is 18.6. The van der Waals surface area contributed by atoms with E-state index in [9.17, 15) is 4.79 Å². The molecule has 2 atom stereocenters. The summed E-state index contributed by atoms with van der Waals surface area (Å²) >= 11 is 0. The molecule has 140 valence electrons. The highest BCUT2D eigenvalue weighted by Crippen LogP contribution is 2.19. The number of H-pyrrole nitrogens is 1. The first-order valence-corrected chi connectivity index (χ1v) is 8.84. The Morgan fingerprint density at radius 2 is 2.30 bits per heavy atom. The van der Waals surface area contributed by atoms with Crippen LogP contribution in [0, 0.1) is 0 Å². The van der Waals surface area contributed by atoms with E-state index >= 15 is 0 Å². The summed E-state index contributed by atoms with van der Waals surface area (Å²) in [6, 6.07) is 10.9. The average molecular weight is 367 g/mol. The van der Waals surface area contributed by atoms with Crippen LogP contribution in [-0.4, -0.2) is 51.0 Å². The van der Waals surface area contributed by atoms with Crippen LogP contribution in [0.2, 0.25) is 0 Å². The highest BCUT2D eigenvalue weighted by molar-refractivity contribution is 5.93. The summed E-state index contributed by atoms with van der Waals surface area (Å²) in [5.74, 6) is 0.296. The van der Waals surface area contributed by atoms with E-state index < -0.39 is 0 Å². The van der Waals surface area contributed by atoms with E-state index in [4.69, 9.17) is 9.47 Å². The van der Waals surface area contributed by atoms with Gasteiger partial charge in [0, 0.05) is 32.1 Å². The second kappa shape index (κ2) is 7.63. The number of hydrogen-bond donors (Lipinski definition) is 2. The second-order valence-corrected chi connectivity index (χ2v) is 6.44. The molecule has 1 aliphatic heterocycles. The Hall–Kier alpha value is -3.13. The van der Waals surface area contributed by atoms with Gasteiger partial charge in [-0.3, -0.25) is 9.89 Å². The van der Waals surface area contributed by atoms with Gasteiger partial charge in [0.1, 0.15) is 17.5 Å². The maximum atomic E-state index is 12.7. The first-order chi connectivity index (χ1) is 13.2. The van der Waals surface area contributed by atoms with Gasteiger partial charge >= 0.3 is 0 Å². The molecule has 27 heavy (non-hydrogen) atoms. The van der Waals surface area contributed by atoms with Crippen molar-refractivity contribution in [2.75, 3.05) is 13.2 Å². The third-order valence-corrected chi connectivity index (χ3v) is 4.56. The van der Waals surface area contributed by atoms with Crippen molar-refractivity contribution < 1.29 is 14.3 Å². The molecule has 4 rings (SSSR count). The largest absolute Gasteiger partial charge is 0.470 e. The summed E-state index contributed by atoms with van der Waals surface area (Å²) in [6.07, 6.45) is 3.98. The fourth-order valence-corrected chi connectivity index (χ4v) is 3.11. The standard InChI is InChI=1S/C19H21N5O3/c1-24-9-4-5-16(24)14-11-15(23-22-14)19(25)21-13-7-10-26-12-17(13)27-18-6-2-3-8-20-18/h2-6,8-9,11,13,17H,7,10,12H2,1H3,(H,21,25)(H,22,23)/t13-,17-/m1/s1. The van der Waals surface area contributed by atoms with Crippen molar-refractivity contribution in [2.24, 2.45) is 7.05 Å². The highest BCUT2D eigenvalue weighted by Gasteiger charge is 2.30. The van der Waals surface area contributed by atoms with Gasteiger partial charge < -0.3 is 19.4 Å². The van der Waals surface area contributed by atoms with Gasteiger partial charge in [-0.2, -0.15) is 5.10 Å². The number of ether oxygens (including phenoxy) is 2. The van der Waals surface area contributed by atoms with Gasteiger partial charge in [0.05, 0.1) is 18.3 Å². The summed E-state index contributed by atoms with van der Waals surface area (Å²) in [6.45, 7) is 0.976. The van der Waals surface area contributed by atoms with E-state index in [1.54, 1.807) is 18.3 Å². The van der Waals surface area contributed by atoms with Gasteiger partial charge in [-0.05, 0) is 30.7 Å². The minimum absolute atomic E-state index is 0.171. The number of pyridine rings is 1. The van der Waals surface area contributed by atoms with Crippen LogP contribution >= 0.6 is 0 Å². The van der Waals surface area contributed by atoms with E-state index in [1.807, 2.05) is 42.1 Å². The van der Waals surface area contributed by atoms with Crippen LogP contribution in [0.4, 0.5) is 0 Å². The average Bonchev–Trinajstić information content (AvgIpc) is 3.33. The number of nitrogens with one attached hydrogen (secondary N) is 2. The molecule has 8 heteroatoms. The molecule has 8 nitrogen and oxygen atoms in total. The zero-order valence-electron chi connectivity index (χ0n) is 15.0. The number of aryl methyl sites for hydroxylation is 1. The summed E-state index contributed by atoms with van der Waals surface area (Å²) in [7, 11) is 1.94. The van der Waals surface area contributed by atoms with E-state index in [0.717, 1.165) is 11.4 Å². The minimum Gasteiger partial charge on any atom is -0.470 e. The van der Waals surface area contributed by atoms with Crippen LogP contribution in [0.25, 0.3) is 11.4 Å². The van der Waals surface area contributed by atoms with Crippen LogP contribution in [0.15, 0.2) is 48.8 Å². The van der Waals surface area contributed by atoms with Crippen LogP contribution in [0.1, 0.15) is 16.9 Å². The molecule has 1 saturated heterocycles. The van der Waals surface area contributed by atoms with Crippen LogP contribution < -0.4 is 10.1 Å². The van der Waals surface area contributed by atoms with Gasteiger partial charge in [-0.15, -0.1) is 0 Å². The fraction of sp³-hybridized carbons (Fsp3) is 0.316. The first kappa shape index (κ1) is 17.3. The lowest BCUT2D eigenvalue weighted by Crippen LogP contribution is -2.51. The number of amides is 1. The van der Waals surface area contributed by atoms with Crippen molar-refractivity contribution >= 4 is 5.91 Å². The summed E-state index contributed by atoms with van der Waals surface area (Å²) in [4.78, 5) is 16.9. The SMILES string of the molecule is Cn1cccc1-c1cc(C(=O)N[C@@H]2CCOC[C@H]2Oc2ccccn2)[nH]n1. The maximum absolute atomic E-state index is 12.7. The smallest absolute Gasteiger partial charge is 0.269 e. The van der Waals surface area contributed by atoms with Crippen LogP contribution in [0.5, 0.6) is 5.88 Å². The quantitative estimate of drug-likeness (QED) is 0.717. The van der Waals surface area contributed by atoms with Crippen molar-refractivity contribution in [3.8, 4) is 17.3 Å². The van der Waals surface area contributed by atoms with Gasteiger partial charge in [0.15, 0.2) is 0 Å². The second-order valence-electron chi connectivity index (χ2n) is 6.44. The Morgan fingerprint density at radius 1 is 1.37 bits per heavy atom. The summed E-state index contributed by atoms with van der Waals surface area (Å²) in [5.41, 5.74) is 2.07. The summed E-state index contributed by atoms with van der Waals surface area (Å²) < 4.78 is 13.4. The predicted octanol–water partition coefficient (Wildman–Crippen LogP) is 1.78. The lowest BCUT2D eigenvalue weighted by atomic mass is 10.1. The molecule has 1 aliphatic rings. The van der Waals surface area contributed by atoms with Crippen LogP contribution in [-0.2, 0) is 11.8 Å². The number of hydrogen-bond acceptors (Lipinski definition) is 5. The first-order valence-electron chi connectivity index (χ1n) is 8.84. The number of carbonyl (C=O) groups is 1. The fourth-order valence-electron chi connectivity index (χ4n) is 3.11. The Labute approximate surface area is 156 Å². The topological polar surface area (TPSA) is 94.1 Å². The lowest BCUT2D eigenvalue weighted by Gasteiger charge is -2.31. The van der Waals surface area contributed by atoms with Crippen molar-refractivity contribution in [3.63, 3.8) is 0 Å². The van der Waals surface area contributed by atoms with Gasteiger partial charge in [0.2, 0.25) is 5.88 Å². The molecule has 3 aromatic heterocycles. The van der Waals surface area contributed by atoms with Crippen molar-refractivity contribution in [2.45, 2.75) is 18.6 Å². The van der Waals surface area contributed by atoms with E-state index in [1.165, 1.54) is 0 Å². The molecule has 4 heterocycles. The minimum atomic E-state index is -0.298. The Balaban J connectivity index is 1.44. The predicted molar refractivity (Wildman–Crippen MR) is 98.3 cm³/mol. The molecule has 0 unspecified atom stereocenters. The molecule has 0 aromatic carbocycles. The van der Waals surface area contributed by atoms with Gasteiger partial charge in [0.25, 0.3) is 5.91 Å². The third kappa shape index (κ3) is 3.85. The molecule has 0 radical (unpaired) electrons. The van der Waals surface area contributed by atoms with Crippen molar-refractivity contribution in [1.29, 1.82) is 0 Å². The Morgan fingerprint density at radius 3 is 3.07 bits per heavy atom. The highest BCUT2D eigenvalue weighted by atomic mass is 16.5. The van der Waals surface area contributed by atoms with Crippen LogP contribution in [0.3, 0.4) is 0 Å². The van der Waals surface area contributed by atoms with Gasteiger partial charge in [-0.25, -0.2) is 4.98 Å². The number of aromatic nitrogens is 4. The number of aromatic amines is 1. The normalized spacial score (nSPS) is 19.6. The molecule has 1 amide bonds. The summed E-state index contributed by atoms with van der Waals surface area (Å²) in [5, 5.41) is 10.1. The molecular weight excluding hydrogens is 346 g/mol. The molecule has 0 spiro atoms. The maximum Gasteiger partial charge on any atom is 0.269 e. The molecule has 2 N–H and O–H groups in total. The Kier molecular flexibility index (Phi) is 4.88. The lowest BCUT2D eigenvalue weighted by molar-refractivity contribution is -0.0153. The third-order valence-electron chi connectivity index (χ3n) is 4.56. The molecular formula is C19H21N5O3. The van der Waals surface area contributed by atoms with Gasteiger partial charge in [-0.1, -0.05) is 6.07 Å². The monoisotopic (exact) mass is 367 g/mol. The van der Waals surface area contributed by atoms with E-state index in [-0.39, 0.29) is 18.1 Å². The number of nitrogens with zero attached hydrogens (tertiary/aromatic N) is 3. The molecule has 3 aromatic rings. The zero-order valence-corrected chi connectivity index (χ0v) is 15.0. The van der Waals surface area contributed by atoms with E-state index in [0.29, 0.717) is 31.2 Å². The molecule has 0 aliphatic carbocycles. The molecule has 1 fully saturated rings.